The van der Waals surface area contributed by atoms with E-state index in [1.165, 1.54) is 16.9 Å². The molecular weight excluding hydrogens is 368 g/mol. The van der Waals surface area contributed by atoms with Crippen molar-refractivity contribution in [2.45, 2.75) is 20.8 Å². The summed E-state index contributed by atoms with van der Waals surface area (Å²) in [5.41, 5.74) is 4.46. The number of nitriles is 1. The maximum Gasteiger partial charge on any atom is 0.134 e. The predicted molar refractivity (Wildman–Crippen MR) is 115 cm³/mol. The van der Waals surface area contributed by atoms with E-state index in [4.69, 9.17) is 9.47 Å². The van der Waals surface area contributed by atoms with Gasteiger partial charge in [0.25, 0.3) is 0 Å². The van der Waals surface area contributed by atoms with Crippen LogP contribution in [-0.2, 0) is 0 Å². The smallest absolute Gasteiger partial charge is 0.134 e. The summed E-state index contributed by atoms with van der Waals surface area (Å²) in [7, 11) is 0. The topological polar surface area (TPSA) is 55.1 Å². The van der Waals surface area contributed by atoms with E-state index in [2.05, 4.69) is 30.1 Å². The van der Waals surface area contributed by atoms with E-state index < -0.39 is 0 Å². The zero-order valence-electron chi connectivity index (χ0n) is 16.2. The highest BCUT2D eigenvalue weighted by molar-refractivity contribution is 7.11. The van der Waals surface area contributed by atoms with Crippen LogP contribution in [0.25, 0.3) is 22.9 Å². The molecule has 5 heteroatoms. The lowest BCUT2D eigenvalue weighted by Crippen LogP contribution is -1.97. The highest BCUT2D eigenvalue weighted by Crippen LogP contribution is 2.31. The van der Waals surface area contributed by atoms with Gasteiger partial charge in [-0.15, -0.1) is 11.3 Å². The van der Waals surface area contributed by atoms with Gasteiger partial charge in [0.05, 0.1) is 24.5 Å². The second kappa shape index (κ2) is 9.20. The Kier molecular flexibility index (Phi) is 6.46. The molecule has 0 radical (unpaired) electrons. The monoisotopic (exact) mass is 390 g/mol. The van der Waals surface area contributed by atoms with Crippen molar-refractivity contribution in [3.8, 4) is 28.8 Å². The largest absolute Gasteiger partial charge is 0.494 e. The van der Waals surface area contributed by atoms with Gasteiger partial charge < -0.3 is 9.47 Å². The Morgan fingerprint density at radius 2 is 1.86 bits per heavy atom. The van der Waals surface area contributed by atoms with E-state index in [0.717, 1.165) is 22.6 Å². The van der Waals surface area contributed by atoms with Gasteiger partial charge in [0.1, 0.15) is 22.6 Å². The molecule has 0 atom stereocenters. The van der Waals surface area contributed by atoms with Gasteiger partial charge in [-0.25, -0.2) is 4.98 Å². The maximum absolute atomic E-state index is 9.70. The van der Waals surface area contributed by atoms with Gasteiger partial charge in [0.2, 0.25) is 0 Å². The van der Waals surface area contributed by atoms with Crippen molar-refractivity contribution in [3.05, 3.63) is 64.0 Å². The highest BCUT2D eigenvalue weighted by Gasteiger charge is 2.11. The first-order chi connectivity index (χ1) is 13.6. The van der Waals surface area contributed by atoms with E-state index in [1.807, 2.05) is 55.6 Å². The predicted octanol–water partition coefficient (Wildman–Crippen LogP) is 5.98. The summed E-state index contributed by atoms with van der Waals surface area (Å²) in [5, 5.41) is 12.4. The van der Waals surface area contributed by atoms with Crippen molar-refractivity contribution in [1.82, 2.24) is 4.98 Å². The van der Waals surface area contributed by atoms with Gasteiger partial charge >= 0.3 is 0 Å². The normalized spacial score (nSPS) is 11.1. The Hall–Kier alpha value is -3.10. The molecule has 0 amide bonds. The van der Waals surface area contributed by atoms with Crippen LogP contribution in [0.1, 0.15) is 30.0 Å². The fourth-order valence-corrected chi connectivity index (χ4v) is 3.52. The van der Waals surface area contributed by atoms with E-state index in [-0.39, 0.29) is 0 Å². The molecule has 0 saturated heterocycles. The molecule has 0 N–H and O–H groups in total. The van der Waals surface area contributed by atoms with Gasteiger partial charge in [-0.3, -0.25) is 0 Å². The standard InChI is InChI=1S/C23H22N2O2S/c1-4-26-20-11-10-18(22(13-20)27-5-2)12-19(14-24)23-25-21(15-28-23)17-8-6-16(3)7-9-17/h6-13,15H,4-5H2,1-3H3/b19-12-. The Morgan fingerprint density at radius 3 is 2.54 bits per heavy atom. The van der Waals surface area contributed by atoms with Gasteiger partial charge in [-0.1, -0.05) is 29.8 Å². The Bertz CT molecular complexity index is 1010. The number of aromatic nitrogens is 1. The van der Waals surface area contributed by atoms with Crippen molar-refractivity contribution in [2.75, 3.05) is 13.2 Å². The number of hydrogen-bond acceptors (Lipinski definition) is 5. The third kappa shape index (κ3) is 4.59. The molecule has 4 nitrogen and oxygen atoms in total. The number of hydrogen-bond donors (Lipinski definition) is 0. The SMILES string of the molecule is CCOc1ccc(/C=C(/C#N)c2nc(-c3ccc(C)cc3)cs2)c(OCC)c1. The number of rotatable bonds is 7. The van der Waals surface area contributed by atoms with E-state index in [1.54, 1.807) is 0 Å². The number of allylic oxidation sites excluding steroid dienone is 1. The van der Waals surface area contributed by atoms with Crippen molar-refractivity contribution in [2.24, 2.45) is 0 Å². The van der Waals surface area contributed by atoms with Gasteiger partial charge in [-0.2, -0.15) is 5.26 Å². The molecule has 0 aliphatic rings. The lowest BCUT2D eigenvalue weighted by molar-refractivity contribution is 0.322. The second-order valence-electron chi connectivity index (χ2n) is 6.14. The molecule has 28 heavy (non-hydrogen) atoms. The Labute approximate surface area is 169 Å². The van der Waals surface area contributed by atoms with Crippen LogP contribution in [0.15, 0.2) is 47.8 Å². The third-order valence-corrected chi connectivity index (χ3v) is 4.97. The molecule has 1 heterocycles. The number of benzene rings is 2. The first-order valence-corrected chi connectivity index (χ1v) is 10.1. The van der Waals surface area contributed by atoms with Crippen molar-refractivity contribution >= 4 is 23.0 Å². The van der Waals surface area contributed by atoms with Crippen LogP contribution in [0, 0.1) is 18.3 Å². The Morgan fingerprint density at radius 1 is 1.11 bits per heavy atom. The molecule has 0 aliphatic carbocycles. The molecule has 0 aliphatic heterocycles. The first kappa shape index (κ1) is 19.7. The average Bonchev–Trinajstić information content (AvgIpc) is 3.18. The number of aryl methyl sites for hydroxylation is 1. The minimum atomic E-state index is 0.508. The minimum Gasteiger partial charge on any atom is -0.494 e. The molecule has 0 fully saturated rings. The lowest BCUT2D eigenvalue weighted by atomic mass is 10.1. The summed E-state index contributed by atoms with van der Waals surface area (Å²) in [6, 6.07) is 16.1. The van der Waals surface area contributed by atoms with Crippen LogP contribution in [0.2, 0.25) is 0 Å². The summed E-state index contributed by atoms with van der Waals surface area (Å²) >= 11 is 1.46. The summed E-state index contributed by atoms with van der Waals surface area (Å²) in [4.78, 5) is 4.66. The van der Waals surface area contributed by atoms with Crippen molar-refractivity contribution in [3.63, 3.8) is 0 Å². The average molecular weight is 391 g/mol. The molecular formula is C23H22N2O2S. The first-order valence-electron chi connectivity index (χ1n) is 9.19. The molecule has 0 spiro atoms. The van der Waals surface area contributed by atoms with E-state index >= 15 is 0 Å². The van der Waals surface area contributed by atoms with Crippen LogP contribution in [0.4, 0.5) is 0 Å². The van der Waals surface area contributed by atoms with Gasteiger partial charge in [0.15, 0.2) is 0 Å². The summed E-state index contributed by atoms with van der Waals surface area (Å²) in [6.07, 6.45) is 1.82. The molecule has 0 saturated carbocycles. The summed E-state index contributed by atoms with van der Waals surface area (Å²) < 4.78 is 11.3. The molecule has 2 aromatic carbocycles. The van der Waals surface area contributed by atoms with Crippen molar-refractivity contribution < 1.29 is 9.47 Å². The molecule has 3 rings (SSSR count). The molecule has 0 bridgehead atoms. The third-order valence-electron chi connectivity index (χ3n) is 4.10. The second-order valence-corrected chi connectivity index (χ2v) is 7.00. The molecule has 3 aromatic rings. The maximum atomic E-state index is 9.70. The number of thiazole rings is 1. The van der Waals surface area contributed by atoms with Crippen LogP contribution in [0.5, 0.6) is 11.5 Å². The van der Waals surface area contributed by atoms with Gasteiger partial charge in [-0.05, 0) is 39.0 Å². The van der Waals surface area contributed by atoms with Crippen LogP contribution < -0.4 is 9.47 Å². The highest BCUT2D eigenvalue weighted by atomic mass is 32.1. The van der Waals surface area contributed by atoms with E-state index in [9.17, 15) is 5.26 Å². The minimum absolute atomic E-state index is 0.508. The van der Waals surface area contributed by atoms with Crippen LogP contribution >= 0.6 is 11.3 Å². The van der Waals surface area contributed by atoms with Crippen molar-refractivity contribution in [1.29, 1.82) is 5.26 Å². The van der Waals surface area contributed by atoms with Crippen LogP contribution in [-0.4, -0.2) is 18.2 Å². The number of nitrogens with zero attached hydrogens (tertiary/aromatic N) is 2. The zero-order valence-corrected chi connectivity index (χ0v) is 17.0. The zero-order chi connectivity index (χ0) is 19.9. The molecule has 0 unspecified atom stereocenters. The van der Waals surface area contributed by atoms with E-state index in [0.29, 0.717) is 29.5 Å². The molecule has 1 aromatic heterocycles. The molecule has 142 valence electrons. The number of ether oxygens (including phenoxy) is 2. The Balaban J connectivity index is 1.94. The van der Waals surface area contributed by atoms with Gasteiger partial charge in [0, 0.05) is 22.6 Å². The summed E-state index contributed by atoms with van der Waals surface area (Å²) in [5.74, 6) is 1.44. The quantitative estimate of drug-likeness (QED) is 0.466. The summed E-state index contributed by atoms with van der Waals surface area (Å²) in [6.45, 7) is 7.05. The fourth-order valence-electron chi connectivity index (χ4n) is 2.72. The fraction of sp³-hybridized carbons (Fsp3) is 0.217. The lowest BCUT2D eigenvalue weighted by Gasteiger charge is -2.10. The van der Waals surface area contributed by atoms with Crippen LogP contribution in [0.3, 0.4) is 0 Å².